The van der Waals surface area contributed by atoms with Crippen molar-refractivity contribution in [3.8, 4) is 0 Å². The Labute approximate surface area is 152 Å². The predicted octanol–water partition coefficient (Wildman–Crippen LogP) is 4.96. The molecule has 2 aromatic rings. The number of hydrogen-bond acceptors (Lipinski definition) is 2. The van der Waals surface area contributed by atoms with Gasteiger partial charge in [-0.15, -0.1) is 0 Å². The van der Waals surface area contributed by atoms with Crippen LogP contribution in [0.4, 0.5) is 4.39 Å². The van der Waals surface area contributed by atoms with E-state index in [1.807, 2.05) is 41.0 Å². The van der Waals surface area contributed by atoms with Gasteiger partial charge in [0.2, 0.25) is 0 Å². The predicted molar refractivity (Wildman–Crippen MR) is 104 cm³/mol. The summed E-state index contributed by atoms with van der Waals surface area (Å²) in [5.41, 5.74) is 2.43. The first-order valence-electron chi connectivity index (χ1n) is 9.20. The first kappa shape index (κ1) is 17.0. The maximum atomic E-state index is 13.8. The Morgan fingerprint density at radius 3 is 2.88 bits per heavy atom. The van der Waals surface area contributed by atoms with Crippen molar-refractivity contribution in [1.82, 2.24) is 9.55 Å². The minimum absolute atomic E-state index is 0.0391. The van der Waals surface area contributed by atoms with Gasteiger partial charge in [0, 0.05) is 25.0 Å². The lowest BCUT2D eigenvalue weighted by atomic mass is 9.85. The molecule has 2 aliphatic rings. The molecule has 0 unspecified atom stereocenters. The van der Waals surface area contributed by atoms with E-state index < -0.39 is 0 Å². The van der Waals surface area contributed by atoms with Crippen LogP contribution in [-0.2, 0) is 13.0 Å². The Hall–Kier alpha value is -2.49. The van der Waals surface area contributed by atoms with Crippen molar-refractivity contribution >= 4 is 17.0 Å². The standard InChI is InChI=1S/C22H23FN2O/c1-22(2)12-11-20-24-19-13-15(7-9-16-5-3-4-6-18(16)23)8-10-17(19)21(26)25(20)14-22/h3,5,7-10,13H,4,6,11-12,14H2,1-2H3/b9-7+. The highest BCUT2D eigenvalue weighted by molar-refractivity contribution is 5.80. The second-order valence-corrected chi connectivity index (χ2v) is 7.99. The van der Waals surface area contributed by atoms with Gasteiger partial charge in [0.05, 0.1) is 10.9 Å². The van der Waals surface area contributed by atoms with E-state index in [4.69, 9.17) is 4.98 Å². The smallest absolute Gasteiger partial charge is 0.261 e. The zero-order valence-corrected chi connectivity index (χ0v) is 15.3. The molecule has 0 bridgehead atoms. The van der Waals surface area contributed by atoms with Gasteiger partial charge in [0.15, 0.2) is 0 Å². The molecule has 4 rings (SSSR count). The van der Waals surface area contributed by atoms with Crippen molar-refractivity contribution in [2.45, 2.75) is 46.1 Å². The van der Waals surface area contributed by atoms with Gasteiger partial charge in [-0.2, -0.15) is 0 Å². The Morgan fingerprint density at radius 1 is 1.23 bits per heavy atom. The molecule has 3 nitrogen and oxygen atoms in total. The van der Waals surface area contributed by atoms with Gasteiger partial charge in [-0.05, 0) is 36.0 Å². The van der Waals surface area contributed by atoms with E-state index >= 15 is 0 Å². The second kappa shape index (κ2) is 6.35. The molecule has 26 heavy (non-hydrogen) atoms. The minimum Gasteiger partial charge on any atom is -0.296 e. The molecular formula is C22H23FN2O. The third-order valence-corrected chi connectivity index (χ3v) is 5.27. The summed E-state index contributed by atoms with van der Waals surface area (Å²) in [5.74, 6) is 0.796. The first-order chi connectivity index (χ1) is 12.4. The molecule has 0 spiro atoms. The van der Waals surface area contributed by atoms with Crippen LogP contribution in [0.2, 0.25) is 0 Å². The van der Waals surface area contributed by atoms with Gasteiger partial charge < -0.3 is 0 Å². The summed E-state index contributed by atoms with van der Waals surface area (Å²) in [4.78, 5) is 17.6. The number of benzene rings is 1. The normalized spacial score (nSPS) is 19.3. The van der Waals surface area contributed by atoms with Crippen LogP contribution in [-0.4, -0.2) is 9.55 Å². The summed E-state index contributed by atoms with van der Waals surface area (Å²) in [6.45, 7) is 5.09. The minimum atomic E-state index is -0.0717. The molecule has 0 fully saturated rings. The van der Waals surface area contributed by atoms with E-state index in [1.54, 1.807) is 6.08 Å². The average molecular weight is 350 g/mol. The van der Waals surface area contributed by atoms with E-state index in [1.165, 1.54) is 0 Å². The topological polar surface area (TPSA) is 34.9 Å². The SMILES string of the molecule is CC1(C)CCc2nc3cc(/C=C/C4=C(F)CCC=C4)ccc3c(=O)n2C1. The Bertz CT molecular complexity index is 1020. The maximum absolute atomic E-state index is 13.8. The van der Waals surface area contributed by atoms with Crippen LogP contribution in [0.25, 0.3) is 17.0 Å². The van der Waals surface area contributed by atoms with Crippen LogP contribution in [0.3, 0.4) is 0 Å². The summed E-state index contributed by atoms with van der Waals surface area (Å²) >= 11 is 0. The Balaban J connectivity index is 1.73. The largest absolute Gasteiger partial charge is 0.296 e. The number of rotatable bonds is 2. The van der Waals surface area contributed by atoms with Crippen molar-refractivity contribution in [3.63, 3.8) is 0 Å². The summed E-state index contributed by atoms with van der Waals surface area (Å²) in [6, 6.07) is 5.65. The molecule has 0 atom stereocenters. The lowest BCUT2D eigenvalue weighted by molar-refractivity contribution is 0.240. The fraction of sp³-hybridized carbons (Fsp3) is 0.364. The Morgan fingerprint density at radius 2 is 2.08 bits per heavy atom. The van der Waals surface area contributed by atoms with Crippen molar-refractivity contribution in [3.05, 3.63) is 69.6 Å². The van der Waals surface area contributed by atoms with E-state index in [0.29, 0.717) is 23.9 Å². The quantitative estimate of drug-likeness (QED) is 0.767. The molecule has 2 heterocycles. The highest BCUT2D eigenvalue weighted by atomic mass is 19.1. The Kier molecular flexibility index (Phi) is 4.14. The average Bonchev–Trinajstić information content (AvgIpc) is 2.61. The van der Waals surface area contributed by atoms with Crippen molar-refractivity contribution in [2.75, 3.05) is 0 Å². The molecule has 1 aromatic heterocycles. The highest BCUT2D eigenvalue weighted by Gasteiger charge is 2.27. The van der Waals surface area contributed by atoms with Gasteiger partial charge in [-0.25, -0.2) is 9.37 Å². The van der Waals surface area contributed by atoms with E-state index in [9.17, 15) is 9.18 Å². The molecule has 0 saturated heterocycles. The second-order valence-electron chi connectivity index (χ2n) is 7.99. The van der Waals surface area contributed by atoms with Crippen molar-refractivity contribution in [2.24, 2.45) is 5.41 Å². The molecule has 4 heteroatoms. The summed E-state index contributed by atoms with van der Waals surface area (Å²) in [5, 5.41) is 0.645. The van der Waals surface area contributed by atoms with Gasteiger partial charge in [0.25, 0.3) is 5.56 Å². The fourth-order valence-electron chi connectivity index (χ4n) is 3.69. The van der Waals surface area contributed by atoms with Crippen LogP contribution in [0.1, 0.15) is 44.5 Å². The van der Waals surface area contributed by atoms with Gasteiger partial charge in [-0.3, -0.25) is 9.36 Å². The number of fused-ring (bicyclic) bond motifs is 2. The number of halogens is 1. The van der Waals surface area contributed by atoms with E-state index in [0.717, 1.165) is 36.2 Å². The van der Waals surface area contributed by atoms with Crippen LogP contribution in [0.15, 0.2) is 52.6 Å². The van der Waals surface area contributed by atoms with Crippen LogP contribution < -0.4 is 5.56 Å². The van der Waals surface area contributed by atoms with Crippen LogP contribution in [0.5, 0.6) is 0 Å². The van der Waals surface area contributed by atoms with E-state index in [2.05, 4.69) is 13.8 Å². The number of hydrogen-bond donors (Lipinski definition) is 0. The molecule has 0 radical (unpaired) electrons. The van der Waals surface area contributed by atoms with Gasteiger partial charge >= 0.3 is 0 Å². The lowest BCUT2D eigenvalue weighted by Crippen LogP contribution is -2.36. The van der Waals surface area contributed by atoms with E-state index in [-0.39, 0.29) is 16.8 Å². The lowest BCUT2D eigenvalue weighted by Gasteiger charge is -2.31. The summed E-state index contributed by atoms with van der Waals surface area (Å²) < 4.78 is 15.7. The summed E-state index contributed by atoms with van der Waals surface area (Å²) in [7, 11) is 0. The fourth-order valence-corrected chi connectivity index (χ4v) is 3.69. The molecular weight excluding hydrogens is 327 g/mol. The molecule has 1 aliphatic heterocycles. The number of aromatic nitrogens is 2. The molecule has 0 N–H and O–H groups in total. The van der Waals surface area contributed by atoms with Crippen molar-refractivity contribution in [1.29, 1.82) is 0 Å². The molecule has 1 aromatic carbocycles. The number of allylic oxidation sites excluding steroid dienone is 5. The van der Waals surface area contributed by atoms with Crippen molar-refractivity contribution < 1.29 is 4.39 Å². The number of nitrogens with zero attached hydrogens (tertiary/aromatic N) is 2. The zero-order valence-electron chi connectivity index (χ0n) is 15.3. The summed E-state index contributed by atoms with van der Waals surface area (Å²) in [6.07, 6.45) is 10.6. The third kappa shape index (κ3) is 3.16. The molecule has 134 valence electrons. The van der Waals surface area contributed by atoms with Gasteiger partial charge in [-0.1, -0.05) is 44.2 Å². The zero-order chi connectivity index (χ0) is 18.3. The van der Waals surface area contributed by atoms with Crippen LogP contribution in [0, 0.1) is 5.41 Å². The van der Waals surface area contributed by atoms with Gasteiger partial charge in [0.1, 0.15) is 11.7 Å². The third-order valence-electron chi connectivity index (χ3n) is 5.27. The molecule has 0 amide bonds. The highest BCUT2D eigenvalue weighted by Crippen LogP contribution is 2.29. The number of aryl methyl sites for hydroxylation is 1. The molecule has 0 saturated carbocycles. The maximum Gasteiger partial charge on any atom is 0.261 e. The monoisotopic (exact) mass is 350 g/mol. The van der Waals surface area contributed by atoms with Crippen LogP contribution >= 0.6 is 0 Å². The molecule has 1 aliphatic carbocycles. The first-order valence-corrected chi connectivity index (χ1v) is 9.20.